The molecule has 0 saturated heterocycles. The predicted molar refractivity (Wildman–Crippen MR) is 71.6 cm³/mol. The first-order valence-corrected chi connectivity index (χ1v) is 6.71. The Morgan fingerprint density at radius 2 is 2.29 bits per heavy atom. The molecular weight excluding hydrogens is 302 g/mol. The molecule has 88 valence electrons. The largest absolute Gasteiger partial charge is 0.477 e. The minimum absolute atomic E-state index is 0.336. The number of thiazole rings is 1. The van der Waals surface area contributed by atoms with E-state index in [0.717, 1.165) is 15.0 Å². The van der Waals surface area contributed by atoms with Gasteiger partial charge in [-0.3, -0.25) is 0 Å². The zero-order valence-electron chi connectivity index (χ0n) is 9.11. The van der Waals surface area contributed by atoms with Gasteiger partial charge in [-0.25, -0.2) is 9.78 Å². The number of aromatic carboxylic acids is 1. The van der Waals surface area contributed by atoms with Crippen LogP contribution in [0, 0.1) is 0 Å². The van der Waals surface area contributed by atoms with Crippen molar-refractivity contribution in [3.63, 3.8) is 0 Å². The molecule has 2 rings (SSSR count). The maximum absolute atomic E-state index is 11.1. The Hall–Kier alpha value is -1.20. The summed E-state index contributed by atoms with van der Waals surface area (Å²) in [6.45, 7) is 1.91. The zero-order chi connectivity index (χ0) is 12.4. The molecule has 0 radical (unpaired) electrons. The average Bonchev–Trinajstić information content (AvgIpc) is 2.73. The van der Waals surface area contributed by atoms with E-state index >= 15 is 0 Å². The van der Waals surface area contributed by atoms with Crippen molar-refractivity contribution in [2.75, 3.05) is 0 Å². The smallest absolute Gasteiger partial charge is 0.347 e. The van der Waals surface area contributed by atoms with Crippen molar-refractivity contribution < 1.29 is 9.90 Å². The number of carboxylic acids is 1. The van der Waals surface area contributed by atoms with E-state index < -0.39 is 5.97 Å². The van der Waals surface area contributed by atoms with E-state index in [1.165, 1.54) is 11.3 Å². The third-order valence-electron chi connectivity index (χ3n) is 2.30. The van der Waals surface area contributed by atoms with Crippen LogP contribution in [0.2, 0.25) is 0 Å². The molecule has 2 aromatic rings. The Labute approximate surface area is 111 Å². The Morgan fingerprint density at radius 3 is 2.82 bits per heavy atom. The number of rotatable bonds is 3. The van der Waals surface area contributed by atoms with Gasteiger partial charge in [-0.2, -0.15) is 0 Å². The summed E-state index contributed by atoms with van der Waals surface area (Å²) in [6, 6.07) is 7.70. The summed E-state index contributed by atoms with van der Waals surface area (Å²) in [4.78, 5) is 15.8. The first-order chi connectivity index (χ1) is 8.11. The van der Waals surface area contributed by atoms with Crippen LogP contribution in [0.15, 0.2) is 28.7 Å². The highest BCUT2D eigenvalue weighted by molar-refractivity contribution is 9.10. The molecule has 0 saturated carbocycles. The predicted octanol–water partition coefficient (Wildman–Crippen LogP) is 3.83. The Kier molecular flexibility index (Phi) is 3.59. The molecule has 0 spiro atoms. The summed E-state index contributed by atoms with van der Waals surface area (Å²) in [7, 11) is 0. The second-order valence-electron chi connectivity index (χ2n) is 3.46. The normalized spacial score (nSPS) is 10.5. The van der Waals surface area contributed by atoms with Gasteiger partial charge in [0.05, 0.1) is 5.69 Å². The van der Waals surface area contributed by atoms with Crippen molar-refractivity contribution in [2.24, 2.45) is 0 Å². The maximum Gasteiger partial charge on any atom is 0.347 e. The van der Waals surface area contributed by atoms with E-state index in [4.69, 9.17) is 5.11 Å². The summed E-state index contributed by atoms with van der Waals surface area (Å²) in [5.74, 6) is -0.902. The van der Waals surface area contributed by atoms with Crippen LogP contribution in [0.25, 0.3) is 10.6 Å². The van der Waals surface area contributed by atoms with Crippen LogP contribution in [-0.2, 0) is 6.42 Å². The SMILES string of the molecule is CCc1nc(-c2cccc(Br)c2)sc1C(=O)O. The summed E-state index contributed by atoms with van der Waals surface area (Å²) in [5.41, 5.74) is 1.59. The van der Waals surface area contributed by atoms with Gasteiger partial charge in [0.2, 0.25) is 0 Å². The van der Waals surface area contributed by atoms with E-state index in [-0.39, 0.29) is 0 Å². The molecule has 0 amide bonds. The molecule has 0 aliphatic heterocycles. The second-order valence-corrected chi connectivity index (χ2v) is 5.38. The van der Waals surface area contributed by atoms with Crippen LogP contribution in [0.4, 0.5) is 0 Å². The highest BCUT2D eigenvalue weighted by Gasteiger charge is 2.16. The number of nitrogens with zero attached hydrogens (tertiary/aromatic N) is 1. The van der Waals surface area contributed by atoms with Crippen molar-refractivity contribution >= 4 is 33.2 Å². The molecule has 0 bridgehead atoms. The van der Waals surface area contributed by atoms with E-state index in [1.54, 1.807) is 0 Å². The highest BCUT2D eigenvalue weighted by atomic mass is 79.9. The number of aryl methyl sites for hydroxylation is 1. The molecule has 0 aliphatic rings. The van der Waals surface area contributed by atoms with Crippen molar-refractivity contribution in [1.82, 2.24) is 4.98 Å². The monoisotopic (exact) mass is 311 g/mol. The van der Waals surface area contributed by atoms with Crippen LogP contribution in [0.3, 0.4) is 0 Å². The average molecular weight is 312 g/mol. The number of carboxylic acid groups (broad SMARTS) is 1. The lowest BCUT2D eigenvalue weighted by Gasteiger charge is -1.95. The molecule has 0 atom stereocenters. The molecule has 1 aromatic carbocycles. The van der Waals surface area contributed by atoms with Crippen LogP contribution in [0.5, 0.6) is 0 Å². The quantitative estimate of drug-likeness (QED) is 0.937. The van der Waals surface area contributed by atoms with Gasteiger partial charge in [-0.15, -0.1) is 11.3 Å². The molecule has 1 heterocycles. The maximum atomic E-state index is 11.1. The molecule has 1 aromatic heterocycles. The lowest BCUT2D eigenvalue weighted by atomic mass is 10.2. The van der Waals surface area contributed by atoms with Gasteiger partial charge in [-0.1, -0.05) is 35.0 Å². The molecule has 17 heavy (non-hydrogen) atoms. The minimum atomic E-state index is -0.902. The molecule has 0 unspecified atom stereocenters. The lowest BCUT2D eigenvalue weighted by Crippen LogP contribution is -1.97. The van der Waals surface area contributed by atoms with Crippen LogP contribution in [0.1, 0.15) is 22.3 Å². The molecule has 5 heteroatoms. The van der Waals surface area contributed by atoms with Crippen molar-refractivity contribution in [3.05, 3.63) is 39.3 Å². The number of hydrogen-bond donors (Lipinski definition) is 1. The fourth-order valence-corrected chi connectivity index (χ4v) is 2.89. The number of hydrogen-bond acceptors (Lipinski definition) is 3. The third kappa shape index (κ3) is 2.56. The van der Waals surface area contributed by atoms with Gasteiger partial charge in [0.1, 0.15) is 9.88 Å². The van der Waals surface area contributed by atoms with Gasteiger partial charge in [0.25, 0.3) is 0 Å². The van der Waals surface area contributed by atoms with E-state index in [1.807, 2.05) is 31.2 Å². The fraction of sp³-hybridized carbons (Fsp3) is 0.167. The number of aromatic nitrogens is 1. The Balaban J connectivity index is 2.50. The van der Waals surface area contributed by atoms with Crippen LogP contribution in [-0.4, -0.2) is 16.1 Å². The van der Waals surface area contributed by atoms with Gasteiger partial charge in [0.15, 0.2) is 0 Å². The molecular formula is C12H10BrNO2S. The highest BCUT2D eigenvalue weighted by Crippen LogP contribution is 2.30. The Morgan fingerprint density at radius 1 is 1.53 bits per heavy atom. The Bertz CT molecular complexity index is 565. The summed E-state index contributed by atoms with van der Waals surface area (Å²) >= 11 is 4.61. The zero-order valence-corrected chi connectivity index (χ0v) is 11.5. The van der Waals surface area contributed by atoms with Gasteiger partial charge in [-0.05, 0) is 18.6 Å². The van der Waals surface area contributed by atoms with Crippen molar-refractivity contribution in [1.29, 1.82) is 0 Å². The summed E-state index contributed by atoms with van der Waals surface area (Å²) in [5, 5.41) is 9.82. The second kappa shape index (κ2) is 4.98. The van der Waals surface area contributed by atoms with E-state index in [9.17, 15) is 4.79 Å². The first-order valence-electron chi connectivity index (χ1n) is 5.10. The van der Waals surface area contributed by atoms with Gasteiger partial charge >= 0.3 is 5.97 Å². The molecule has 1 N–H and O–H groups in total. The summed E-state index contributed by atoms with van der Waals surface area (Å²) < 4.78 is 0.958. The van der Waals surface area contributed by atoms with Crippen LogP contribution < -0.4 is 0 Å². The number of benzene rings is 1. The first kappa shape index (κ1) is 12.3. The topological polar surface area (TPSA) is 50.2 Å². The van der Waals surface area contributed by atoms with Crippen molar-refractivity contribution in [3.8, 4) is 10.6 Å². The summed E-state index contributed by atoms with van der Waals surface area (Å²) in [6.07, 6.45) is 0.631. The molecule has 0 aliphatic carbocycles. The fourth-order valence-electron chi connectivity index (χ4n) is 1.50. The van der Waals surface area contributed by atoms with E-state index in [0.29, 0.717) is 17.0 Å². The molecule has 0 fully saturated rings. The lowest BCUT2D eigenvalue weighted by molar-refractivity contribution is 0.0701. The minimum Gasteiger partial charge on any atom is -0.477 e. The number of halogens is 1. The number of carbonyl (C=O) groups is 1. The third-order valence-corrected chi connectivity index (χ3v) is 3.93. The van der Waals surface area contributed by atoms with Gasteiger partial charge in [0, 0.05) is 10.0 Å². The van der Waals surface area contributed by atoms with E-state index in [2.05, 4.69) is 20.9 Å². The standard InChI is InChI=1S/C12H10BrNO2S/c1-2-9-10(12(15)16)17-11(14-9)7-4-3-5-8(13)6-7/h3-6H,2H2,1H3,(H,15,16). The van der Waals surface area contributed by atoms with Crippen molar-refractivity contribution in [2.45, 2.75) is 13.3 Å². The molecule has 3 nitrogen and oxygen atoms in total. The van der Waals surface area contributed by atoms with Gasteiger partial charge < -0.3 is 5.11 Å². The van der Waals surface area contributed by atoms with Crippen LogP contribution >= 0.6 is 27.3 Å².